The lowest BCUT2D eigenvalue weighted by Crippen LogP contribution is -2.44. The number of benzene rings is 8. The average molecular weight is 1810 g/mol. The second-order valence-electron chi connectivity index (χ2n) is 34.3. The van der Waals surface area contributed by atoms with Gasteiger partial charge >= 0.3 is 0 Å². The molecule has 27 nitrogen and oxygen atoms in total. The summed E-state index contributed by atoms with van der Waals surface area (Å²) in [5, 5.41) is 0. The van der Waals surface area contributed by atoms with Crippen LogP contribution < -0.4 is 18.9 Å². The maximum atomic E-state index is 13.1. The standard InChI is InChI=1S/C27H30N2O4.3C26H28N2O5/c30-21-11-12-24(25(31)15-21)29-17-23-22(27(29)32)5-4-6-26(23)33-18-20-9-7-19(8-10-20)16-28-13-2-1-3-14-28;29-20-8-9-23(24(30)14-20)28-16-22-21(26(28)31)6-3-7-25(22)33-17-19-5-2-1-4-18(19)15-27-10-12-32-13-11-27;2*29-20-8-9-23(24(30)14-20)28-16-22-21(26(28)31)2-1-3-25(22)33-17-19-6-4-18(5-7-19)15-27-10-12-32-13-11-27/h4-10,24H,1-3,11-18H2;3*1-7,23H,8-17H2/i1D2,2D2,3D2,13D2,14D2;;10D2,11D2,12D2,13D2;. The molecule has 0 aromatic heterocycles. The molecule has 0 N–H and O–H groups in total. The van der Waals surface area contributed by atoms with Crippen LogP contribution in [0.2, 0.25) is 0 Å². The van der Waals surface area contributed by atoms with Crippen LogP contribution in [-0.2, 0) is 131 Å². The summed E-state index contributed by atoms with van der Waals surface area (Å²) in [4.78, 5) is 160. The van der Waals surface area contributed by atoms with Crippen LogP contribution in [0.15, 0.2) is 170 Å². The number of carbonyl (C=O) groups is 12. The smallest absolute Gasteiger partial charge is 0.255 e. The Labute approximate surface area is 794 Å². The minimum absolute atomic E-state index is 0.0413. The van der Waals surface area contributed by atoms with Gasteiger partial charge in [0.1, 0.15) is 72.6 Å². The molecule has 12 aliphatic rings. The van der Waals surface area contributed by atoms with E-state index in [0.717, 1.165) is 87.9 Å². The molecule has 27 heteroatoms. The Balaban J connectivity index is 0.000000137. The Morgan fingerprint density at radius 2 is 0.576 bits per heavy atom. The minimum Gasteiger partial charge on any atom is -0.489 e. The van der Waals surface area contributed by atoms with Crippen molar-refractivity contribution >= 4 is 69.9 Å². The largest absolute Gasteiger partial charge is 0.489 e. The predicted octanol–water partition coefficient (Wildman–Crippen LogP) is 12.1. The number of morpholine rings is 3. The molecule has 20 rings (SSSR count). The van der Waals surface area contributed by atoms with Crippen molar-refractivity contribution in [2.75, 3.05) is 91.7 Å². The van der Waals surface area contributed by atoms with Crippen LogP contribution in [0.3, 0.4) is 0 Å². The molecule has 8 aromatic carbocycles. The number of nitrogens with zero attached hydrogens (tertiary/aromatic N) is 8. The van der Waals surface area contributed by atoms with Crippen LogP contribution in [0.25, 0.3) is 0 Å². The number of likely N-dealkylation sites (tertiary alicyclic amines) is 1. The Morgan fingerprint density at radius 3 is 0.902 bits per heavy atom. The first-order chi connectivity index (χ1) is 71.1. The molecule has 4 atom stereocenters. The topological polar surface area (TPSA) is 295 Å². The summed E-state index contributed by atoms with van der Waals surface area (Å²) in [7, 11) is 0. The zero-order valence-electron chi connectivity index (χ0n) is 90.9. The number of hydrogen-bond donors (Lipinski definition) is 0. The third-order valence-corrected chi connectivity index (χ3v) is 25.5. The van der Waals surface area contributed by atoms with E-state index < -0.39 is 95.5 Å². The summed E-state index contributed by atoms with van der Waals surface area (Å²) < 4.78 is 185. The van der Waals surface area contributed by atoms with Crippen LogP contribution in [-0.4, -0.2) is 225 Å². The summed E-state index contributed by atoms with van der Waals surface area (Å²) in [5.74, 6) is 0.206. The first kappa shape index (κ1) is 71.6. The highest BCUT2D eigenvalue weighted by Gasteiger charge is 2.45. The van der Waals surface area contributed by atoms with E-state index in [0.29, 0.717) is 153 Å². The molecule has 688 valence electrons. The maximum Gasteiger partial charge on any atom is 0.255 e. The molecule has 0 radical (unpaired) electrons. The van der Waals surface area contributed by atoms with Gasteiger partial charge in [-0.2, -0.15) is 0 Å². The minimum atomic E-state index is -3.46. The zero-order valence-corrected chi connectivity index (χ0v) is 72.9. The highest BCUT2D eigenvalue weighted by atomic mass is 16.5. The van der Waals surface area contributed by atoms with Crippen molar-refractivity contribution in [1.82, 2.24) is 39.2 Å². The lowest BCUT2D eigenvalue weighted by Gasteiger charge is -2.29. The number of ether oxygens (including phenoxy) is 7. The second-order valence-corrected chi connectivity index (χ2v) is 34.3. The summed E-state index contributed by atoms with van der Waals surface area (Å²) in [6.07, 6.45) is -8.08. The van der Waals surface area contributed by atoms with Gasteiger partial charge in [0.05, 0.1) is 121 Å². The molecule has 8 fully saturated rings. The van der Waals surface area contributed by atoms with E-state index in [4.69, 9.17) is 53.1 Å². The van der Waals surface area contributed by atoms with E-state index in [9.17, 15) is 57.5 Å². The fourth-order valence-electron chi connectivity index (χ4n) is 18.3. The number of amides is 4. The van der Waals surface area contributed by atoms with Crippen molar-refractivity contribution in [3.8, 4) is 23.0 Å². The molecular formula is C105H114N8O19. The molecule has 8 aromatic rings. The van der Waals surface area contributed by atoms with E-state index in [1.807, 2.05) is 36.4 Å². The van der Waals surface area contributed by atoms with Crippen molar-refractivity contribution in [2.24, 2.45) is 0 Å². The number of hydrogen-bond acceptors (Lipinski definition) is 23. The van der Waals surface area contributed by atoms with Crippen LogP contribution >= 0.6 is 0 Å². The fourth-order valence-corrected chi connectivity index (χ4v) is 18.3. The molecular weight excluding hydrogens is 1680 g/mol. The number of carbonyl (C=O) groups excluding carboxylic acids is 12. The summed E-state index contributed by atoms with van der Waals surface area (Å²) >= 11 is 0. The second kappa shape index (κ2) is 43.1. The summed E-state index contributed by atoms with van der Waals surface area (Å²) in [5.41, 5.74) is 11.7. The molecule has 0 spiro atoms. The van der Waals surface area contributed by atoms with E-state index >= 15 is 0 Å². The van der Waals surface area contributed by atoms with Gasteiger partial charge in [0.25, 0.3) is 23.6 Å². The summed E-state index contributed by atoms with van der Waals surface area (Å²) in [6.45, 7) is -8.84. The lowest BCUT2D eigenvalue weighted by atomic mass is 9.92. The molecule has 8 aliphatic heterocycles. The van der Waals surface area contributed by atoms with Gasteiger partial charge in [0, 0.05) is 155 Å². The Kier molecular flexibility index (Phi) is 23.4. The average Bonchev–Trinajstić information content (AvgIpc) is 0.900. The normalized spacial score (nSPS) is 26.8. The predicted molar refractivity (Wildman–Crippen MR) is 486 cm³/mol. The van der Waals surface area contributed by atoms with Crippen LogP contribution in [0, 0.1) is 0 Å². The number of ketones is 8. The number of Topliss-reactive ketones (excluding diaryl/α,β-unsaturated/α-hetero) is 8. The quantitative estimate of drug-likeness (QED) is 0.0508. The van der Waals surface area contributed by atoms with Crippen LogP contribution in [0.1, 0.15) is 229 Å². The molecule has 4 saturated carbocycles. The Morgan fingerprint density at radius 1 is 0.288 bits per heavy atom. The molecule has 4 unspecified atom stereocenters. The first-order valence-corrected chi connectivity index (χ1v) is 44.6. The number of rotatable bonds is 24. The van der Waals surface area contributed by atoms with E-state index in [1.54, 1.807) is 94.7 Å². The highest BCUT2D eigenvalue weighted by Crippen LogP contribution is 2.41. The van der Waals surface area contributed by atoms with Crippen LogP contribution in [0.5, 0.6) is 23.0 Å². The Bertz CT molecular complexity index is 6510. The molecule has 0 bridgehead atoms. The SMILES string of the molecule is O=C1CCC(N2Cc3c(OCc4ccc(CN5CCOCC5)cc4)cccc3C2=O)C(=O)C1.O=C1CCC(N2Cc3c(OCc4ccccc4CN4CCOCC4)cccc3C2=O)C(=O)C1.[2H]C1([2H])N(Cc2ccc(COc3cccc4c3CN(C3CCC(=O)CC3=O)C4=O)cc2)C([2H])([2H])C([2H])([2H])C([2H])([2H])C1([2H])[2H].[2H]C1([2H])OC([2H])([2H])C([2H])([2H])N(Cc2ccc(COc3cccc4c3CN(C3CCC(=O)CC3=O)C4=O)cc2)C1([2H])[2H]. The van der Waals surface area contributed by atoms with Crippen molar-refractivity contribution in [1.29, 1.82) is 0 Å². The Hall–Kier alpha value is -12.1. The van der Waals surface area contributed by atoms with Gasteiger partial charge in [-0.1, -0.05) is 128 Å². The molecule has 4 aliphatic carbocycles. The van der Waals surface area contributed by atoms with Gasteiger partial charge in [-0.25, -0.2) is 0 Å². The fraction of sp³-hybridized carbons (Fsp3) is 0.429. The third kappa shape index (κ3) is 22.3. The van der Waals surface area contributed by atoms with Gasteiger partial charge in [-0.15, -0.1) is 0 Å². The monoisotopic (exact) mass is 1810 g/mol. The molecule has 8 heterocycles. The number of piperidine rings is 1. The van der Waals surface area contributed by atoms with Gasteiger partial charge < -0.3 is 52.8 Å². The summed E-state index contributed by atoms with van der Waals surface area (Å²) in [6, 6.07) is 48.3. The maximum absolute atomic E-state index is 13.1. The van der Waals surface area contributed by atoms with Crippen molar-refractivity contribution < 1.29 is 115 Å². The molecule has 132 heavy (non-hydrogen) atoms. The molecule has 4 amide bonds. The van der Waals surface area contributed by atoms with E-state index in [2.05, 4.69) is 50.9 Å². The zero-order chi connectivity index (χ0) is 107. The van der Waals surface area contributed by atoms with E-state index in [-0.39, 0.29) is 135 Å². The highest BCUT2D eigenvalue weighted by molar-refractivity contribution is 6.11. The van der Waals surface area contributed by atoms with Crippen molar-refractivity contribution in [3.63, 3.8) is 0 Å². The lowest BCUT2D eigenvalue weighted by molar-refractivity contribution is -0.134. The first-order valence-electron chi connectivity index (χ1n) is 53.6. The molecule has 4 saturated heterocycles. The third-order valence-electron chi connectivity index (χ3n) is 25.5. The van der Waals surface area contributed by atoms with Crippen LogP contribution in [0.4, 0.5) is 0 Å². The van der Waals surface area contributed by atoms with Gasteiger partial charge in [-0.3, -0.25) is 77.1 Å². The van der Waals surface area contributed by atoms with Gasteiger partial charge in [-0.05, 0) is 144 Å². The number of fused-ring (bicyclic) bond motifs is 4. The van der Waals surface area contributed by atoms with Gasteiger partial charge in [0.2, 0.25) is 0 Å². The van der Waals surface area contributed by atoms with Crippen molar-refractivity contribution in [2.45, 2.75) is 199 Å². The van der Waals surface area contributed by atoms with Gasteiger partial charge in [0.15, 0.2) is 23.1 Å². The van der Waals surface area contributed by atoms with Crippen molar-refractivity contribution in [3.05, 3.63) is 259 Å². The van der Waals surface area contributed by atoms with E-state index in [1.165, 1.54) is 33.1 Å².